The van der Waals surface area contributed by atoms with Crippen LogP contribution in [0, 0.1) is 0 Å². The van der Waals surface area contributed by atoms with Crippen LogP contribution >= 0.6 is 11.6 Å². The van der Waals surface area contributed by atoms with Crippen molar-refractivity contribution >= 4 is 56.5 Å². The molecule has 6 rings (SSSR count). The van der Waals surface area contributed by atoms with Crippen molar-refractivity contribution in [1.82, 2.24) is 14.5 Å². The highest BCUT2D eigenvalue weighted by Gasteiger charge is 2.40. The van der Waals surface area contributed by atoms with E-state index in [1.165, 1.54) is 27.7 Å². The summed E-state index contributed by atoms with van der Waals surface area (Å²) in [6.07, 6.45) is 12.7. The lowest BCUT2D eigenvalue weighted by atomic mass is 9.81. The van der Waals surface area contributed by atoms with Gasteiger partial charge in [-0.15, -0.1) is 0 Å². The molecule has 0 atom stereocenters. The number of anilines is 1. The molecule has 0 fully saturated rings. The van der Waals surface area contributed by atoms with Crippen LogP contribution in [0.2, 0.25) is 5.02 Å². The summed E-state index contributed by atoms with van der Waals surface area (Å²) in [5, 5.41) is 3.25. The summed E-state index contributed by atoms with van der Waals surface area (Å²) in [5.74, 6) is 0.988. The zero-order valence-electron chi connectivity index (χ0n) is 24.6. The third kappa shape index (κ3) is 4.62. The molecule has 0 saturated carbocycles. The van der Waals surface area contributed by atoms with Crippen molar-refractivity contribution in [3.05, 3.63) is 114 Å². The smallest absolute Gasteiger partial charge is 0.323 e. The van der Waals surface area contributed by atoms with E-state index < -0.39 is 0 Å². The van der Waals surface area contributed by atoms with Crippen LogP contribution in [-0.4, -0.2) is 21.1 Å². The predicted molar refractivity (Wildman–Crippen MR) is 177 cm³/mol. The van der Waals surface area contributed by atoms with Crippen LogP contribution in [0.4, 0.5) is 5.69 Å². The molecule has 0 spiro atoms. The Morgan fingerprint density at radius 3 is 2.62 bits per heavy atom. The molecule has 5 nitrogen and oxygen atoms in total. The summed E-state index contributed by atoms with van der Waals surface area (Å²) in [5.41, 5.74) is 7.04. The Morgan fingerprint density at radius 1 is 1.00 bits per heavy atom. The number of hydrogen-bond acceptors (Lipinski definition) is 3. The fourth-order valence-corrected chi connectivity index (χ4v) is 6.52. The Kier molecular flexibility index (Phi) is 7.46. The molecule has 3 heterocycles. The fraction of sp³-hybridized carbons (Fsp3) is 0.250. The maximum absolute atomic E-state index is 6.29. The number of nitrogens with zero attached hydrogens (tertiary/aromatic N) is 5. The quantitative estimate of drug-likeness (QED) is 0.131. The van der Waals surface area contributed by atoms with Crippen LogP contribution in [0.5, 0.6) is 0 Å². The van der Waals surface area contributed by atoms with E-state index in [0.29, 0.717) is 18.1 Å². The van der Waals surface area contributed by atoms with Crippen LogP contribution in [0.1, 0.15) is 45.0 Å². The van der Waals surface area contributed by atoms with Crippen molar-refractivity contribution < 1.29 is 4.57 Å². The van der Waals surface area contributed by atoms with Crippen LogP contribution in [0.25, 0.3) is 39.2 Å². The minimum absolute atomic E-state index is 0.153. The lowest BCUT2D eigenvalue weighted by molar-refractivity contribution is -0.665. The maximum Gasteiger partial charge on any atom is 0.323 e. The minimum Gasteiger partial charge on any atom is -0.344 e. The van der Waals surface area contributed by atoms with E-state index in [0.717, 1.165) is 47.5 Å². The lowest BCUT2D eigenvalue weighted by Crippen LogP contribution is -2.36. The van der Waals surface area contributed by atoms with E-state index in [9.17, 15) is 0 Å². The molecule has 212 valence electrons. The van der Waals surface area contributed by atoms with Gasteiger partial charge in [0.25, 0.3) is 5.65 Å². The Balaban J connectivity index is 1.51. The second-order valence-corrected chi connectivity index (χ2v) is 11.8. The summed E-state index contributed by atoms with van der Waals surface area (Å²) in [6, 6.07) is 18.9. The van der Waals surface area contributed by atoms with Gasteiger partial charge >= 0.3 is 5.65 Å². The van der Waals surface area contributed by atoms with E-state index in [1.54, 1.807) is 0 Å². The van der Waals surface area contributed by atoms with Crippen LogP contribution in [-0.2, 0) is 18.5 Å². The third-order valence-corrected chi connectivity index (χ3v) is 8.50. The number of allylic oxidation sites excluding steroid dienone is 5. The molecule has 0 unspecified atom stereocenters. The minimum atomic E-state index is -0.153. The second-order valence-electron chi connectivity index (χ2n) is 11.4. The van der Waals surface area contributed by atoms with Gasteiger partial charge in [0.2, 0.25) is 5.82 Å². The average Bonchev–Trinajstić information content (AvgIpc) is 3.38. The van der Waals surface area contributed by atoms with Gasteiger partial charge in [-0.05, 0) is 53.1 Å². The summed E-state index contributed by atoms with van der Waals surface area (Å²) < 4.78 is 4.32. The van der Waals surface area contributed by atoms with Crippen molar-refractivity contribution in [3.8, 4) is 0 Å². The van der Waals surface area contributed by atoms with E-state index in [2.05, 4.69) is 103 Å². The van der Waals surface area contributed by atoms with Gasteiger partial charge in [-0.25, -0.2) is 14.1 Å². The van der Waals surface area contributed by atoms with Gasteiger partial charge in [-0.1, -0.05) is 105 Å². The molecule has 0 bridgehead atoms. The maximum atomic E-state index is 6.29. The fourth-order valence-electron chi connectivity index (χ4n) is 6.35. The van der Waals surface area contributed by atoms with Crippen LogP contribution in [0.3, 0.4) is 0 Å². The normalized spacial score (nSPS) is 15.4. The first-order valence-corrected chi connectivity index (χ1v) is 15.1. The number of hydrogen-bond donors (Lipinski definition) is 0. The molecule has 3 aromatic carbocycles. The third-order valence-electron chi connectivity index (χ3n) is 8.27. The van der Waals surface area contributed by atoms with Crippen LogP contribution < -0.4 is 9.47 Å². The summed E-state index contributed by atoms with van der Waals surface area (Å²) in [7, 11) is 0. The van der Waals surface area contributed by atoms with Crippen molar-refractivity contribution in [2.45, 2.75) is 52.1 Å². The molecule has 0 radical (unpaired) electrons. The van der Waals surface area contributed by atoms with Crippen molar-refractivity contribution in [1.29, 1.82) is 0 Å². The van der Waals surface area contributed by atoms with Gasteiger partial charge in [-0.3, -0.25) is 0 Å². The van der Waals surface area contributed by atoms with E-state index in [4.69, 9.17) is 21.6 Å². The molecule has 0 aliphatic carbocycles. The second kappa shape index (κ2) is 11.2. The molecule has 42 heavy (non-hydrogen) atoms. The number of halogens is 1. The first-order chi connectivity index (χ1) is 20.4. The van der Waals surface area contributed by atoms with Gasteiger partial charge in [0, 0.05) is 34.4 Å². The van der Waals surface area contributed by atoms with Gasteiger partial charge in [0.05, 0.1) is 13.1 Å². The summed E-state index contributed by atoms with van der Waals surface area (Å²) >= 11 is 6.29. The number of rotatable bonds is 9. The molecule has 5 aromatic rings. The molecular weight excluding hydrogens is 538 g/mol. The Labute approximate surface area is 252 Å². The first-order valence-electron chi connectivity index (χ1n) is 14.7. The monoisotopic (exact) mass is 574 g/mol. The molecule has 0 saturated heterocycles. The number of unbranched alkanes of at least 4 members (excludes halogenated alkanes) is 1. The SMILES string of the molecule is C=CCn1c(C=CC=C2N(CCCC)c3ccc4ccccc4c3C2(C)C)[n+](CC=C)c2nc3ccc(Cl)cc3nc21. The topological polar surface area (TPSA) is 37.8 Å². The summed E-state index contributed by atoms with van der Waals surface area (Å²) in [4.78, 5) is 12.5. The average molecular weight is 575 g/mol. The number of fused-ring (bicyclic) bond motifs is 5. The Morgan fingerprint density at radius 2 is 1.83 bits per heavy atom. The zero-order valence-corrected chi connectivity index (χ0v) is 25.4. The van der Waals surface area contributed by atoms with Gasteiger partial charge in [0.1, 0.15) is 5.52 Å². The Bertz CT molecular complexity index is 1910. The van der Waals surface area contributed by atoms with Crippen molar-refractivity contribution in [3.63, 3.8) is 0 Å². The molecular formula is C36H37ClN5+. The molecule has 2 aromatic heterocycles. The molecule has 0 N–H and O–H groups in total. The zero-order chi connectivity index (χ0) is 29.4. The summed E-state index contributed by atoms with van der Waals surface area (Å²) in [6.45, 7) is 17.2. The van der Waals surface area contributed by atoms with Gasteiger partial charge in [-0.2, -0.15) is 0 Å². The van der Waals surface area contributed by atoms with Gasteiger partial charge in [0.15, 0.2) is 5.52 Å². The highest BCUT2D eigenvalue weighted by Crippen LogP contribution is 2.50. The predicted octanol–water partition coefficient (Wildman–Crippen LogP) is 8.55. The largest absolute Gasteiger partial charge is 0.344 e. The van der Waals surface area contributed by atoms with Crippen molar-refractivity contribution in [2.24, 2.45) is 0 Å². The molecule has 6 heteroatoms. The lowest BCUT2D eigenvalue weighted by Gasteiger charge is -2.27. The molecule has 1 aliphatic heterocycles. The number of benzene rings is 3. The molecule has 0 amide bonds. The number of imidazole rings is 1. The Hall–Kier alpha value is -4.22. The van der Waals surface area contributed by atoms with E-state index in [-0.39, 0.29) is 5.41 Å². The molecule has 1 aliphatic rings. The number of aromatic nitrogens is 4. The highest BCUT2D eigenvalue weighted by molar-refractivity contribution is 6.31. The van der Waals surface area contributed by atoms with E-state index >= 15 is 0 Å². The first kappa shape index (κ1) is 27.9. The van der Waals surface area contributed by atoms with Gasteiger partial charge < -0.3 is 4.90 Å². The van der Waals surface area contributed by atoms with Crippen molar-refractivity contribution in [2.75, 3.05) is 11.4 Å². The standard InChI is InChI=1S/C36H37ClN5/c1-6-9-23-40-30-20-17-25-13-10-11-14-27(25)33(30)36(4,5)31(40)15-12-16-32-41(21-7-2)34-35(42(32)22-8-3)39-29-24-26(37)18-19-28(29)38-34/h7-8,10-20,24H,2-3,6,9,21-23H2,1,4-5H3/q+1. The van der Waals surface area contributed by atoms with E-state index in [1.807, 2.05) is 30.4 Å². The van der Waals surface area contributed by atoms with Crippen LogP contribution in [0.15, 0.2) is 97.8 Å². The highest BCUT2D eigenvalue weighted by atomic mass is 35.5.